The zero-order valence-corrected chi connectivity index (χ0v) is 13.1. The number of hydrogen-bond donors (Lipinski definition) is 1. The average Bonchev–Trinajstić information content (AvgIpc) is 2.54. The Morgan fingerprint density at radius 3 is 2.88 bits per heavy atom. The summed E-state index contributed by atoms with van der Waals surface area (Å²) in [5.74, 6) is 0. The number of nitrogen functional groups attached to an aromatic ring is 1. The van der Waals surface area contributed by atoms with Crippen molar-refractivity contribution >= 4 is 45.7 Å². The van der Waals surface area contributed by atoms with Gasteiger partial charge in [0.05, 0.1) is 5.69 Å². The van der Waals surface area contributed by atoms with Gasteiger partial charge in [0.15, 0.2) is 0 Å². The molecule has 0 spiro atoms. The molecule has 0 aromatic heterocycles. The van der Waals surface area contributed by atoms with Crippen LogP contribution in [0.4, 0.5) is 11.4 Å². The van der Waals surface area contributed by atoms with E-state index in [0.717, 1.165) is 10.9 Å². The molecule has 1 saturated heterocycles. The van der Waals surface area contributed by atoms with E-state index in [-0.39, 0.29) is 0 Å². The summed E-state index contributed by atoms with van der Waals surface area (Å²) >= 11 is 4.40. The van der Waals surface area contributed by atoms with Crippen LogP contribution in [-0.2, 0) is 0 Å². The third-order valence-corrected chi connectivity index (χ3v) is 5.32. The Hall–Kier alpha value is -0.100. The van der Waals surface area contributed by atoms with Crippen LogP contribution in [0.15, 0.2) is 18.2 Å². The van der Waals surface area contributed by atoms with Gasteiger partial charge < -0.3 is 10.6 Å². The monoisotopic (exact) mass is 362 g/mol. The van der Waals surface area contributed by atoms with E-state index in [1.54, 1.807) is 0 Å². The number of nitrogens with zero attached hydrogens (tertiary/aromatic N) is 1. The van der Waals surface area contributed by atoms with Crippen LogP contribution in [0, 0.1) is 3.57 Å². The van der Waals surface area contributed by atoms with Crippen LogP contribution in [0.3, 0.4) is 0 Å². The fraction of sp³-hybridized carbons (Fsp3) is 0.538. The lowest BCUT2D eigenvalue weighted by molar-refractivity contribution is 0.745. The molecular weight excluding hydrogens is 343 g/mol. The largest absolute Gasteiger partial charge is 0.399 e. The molecule has 0 amide bonds. The first-order chi connectivity index (χ1) is 8.20. The van der Waals surface area contributed by atoms with Crippen molar-refractivity contribution in [1.29, 1.82) is 0 Å². The second kappa shape index (κ2) is 6.18. The van der Waals surface area contributed by atoms with Crippen molar-refractivity contribution in [2.45, 2.75) is 24.5 Å². The Morgan fingerprint density at radius 2 is 2.18 bits per heavy atom. The average molecular weight is 362 g/mol. The quantitative estimate of drug-likeness (QED) is 0.644. The van der Waals surface area contributed by atoms with Crippen molar-refractivity contribution in [1.82, 2.24) is 0 Å². The van der Waals surface area contributed by atoms with E-state index in [1.807, 2.05) is 17.8 Å². The lowest BCUT2D eigenvalue weighted by atomic mass is 10.2. The first-order valence-corrected chi connectivity index (χ1v) is 8.40. The normalized spacial score (nSPS) is 21.3. The van der Waals surface area contributed by atoms with E-state index in [1.165, 1.54) is 41.6 Å². The number of rotatable bonds is 2. The molecule has 0 aliphatic carbocycles. The van der Waals surface area contributed by atoms with Crippen LogP contribution in [0.1, 0.15) is 19.3 Å². The van der Waals surface area contributed by atoms with E-state index in [0.29, 0.717) is 0 Å². The van der Waals surface area contributed by atoms with E-state index in [2.05, 4.69) is 45.9 Å². The molecule has 17 heavy (non-hydrogen) atoms. The highest BCUT2D eigenvalue weighted by Gasteiger charge is 2.17. The van der Waals surface area contributed by atoms with Crippen LogP contribution in [0.5, 0.6) is 0 Å². The molecule has 0 saturated carbocycles. The molecule has 0 radical (unpaired) electrons. The van der Waals surface area contributed by atoms with Gasteiger partial charge in [0, 0.05) is 27.6 Å². The SMILES string of the molecule is CSC1CCCN(c2ccc(N)cc2I)CC1. The summed E-state index contributed by atoms with van der Waals surface area (Å²) in [4.78, 5) is 2.51. The van der Waals surface area contributed by atoms with Crippen molar-refractivity contribution in [3.8, 4) is 0 Å². The molecule has 1 unspecified atom stereocenters. The Morgan fingerprint density at radius 1 is 1.35 bits per heavy atom. The maximum Gasteiger partial charge on any atom is 0.0503 e. The molecule has 1 atom stereocenters. The minimum atomic E-state index is 0.839. The zero-order chi connectivity index (χ0) is 12.3. The lowest BCUT2D eigenvalue weighted by Gasteiger charge is -2.24. The molecule has 1 aliphatic heterocycles. The number of anilines is 2. The molecule has 1 aromatic carbocycles. The minimum absolute atomic E-state index is 0.839. The predicted molar refractivity (Wildman–Crippen MR) is 86.9 cm³/mol. The molecule has 2 nitrogen and oxygen atoms in total. The molecule has 94 valence electrons. The summed E-state index contributed by atoms with van der Waals surface area (Å²) in [6.07, 6.45) is 6.17. The van der Waals surface area contributed by atoms with Gasteiger partial charge in [-0.3, -0.25) is 0 Å². The highest BCUT2D eigenvalue weighted by atomic mass is 127. The molecule has 2 N–H and O–H groups in total. The van der Waals surface area contributed by atoms with E-state index in [9.17, 15) is 0 Å². The summed E-state index contributed by atoms with van der Waals surface area (Å²) < 4.78 is 1.27. The highest BCUT2D eigenvalue weighted by Crippen LogP contribution is 2.29. The summed E-state index contributed by atoms with van der Waals surface area (Å²) in [7, 11) is 0. The van der Waals surface area contributed by atoms with Gasteiger partial charge in [-0.05, 0) is 66.3 Å². The summed E-state index contributed by atoms with van der Waals surface area (Å²) in [5, 5.41) is 0.839. The van der Waals surface area contributed by atoms with Gasteiger partial charge >= 0.3 is 0 Å². The summed E-state index contributed by atoms with van der Waals surface area (Å²) in [5.41, 5.74) is 8.01. The zero-order valence-electron chi connectivity index (χ0n) is 10.2. The molecule has 2 rings (SSSR count). The van der Waals surface area contributed by atoms with Crippen molar-refractivity contribution in [3.05, 3.63) is 21.8 Å². The summed E-state index contributed by atoms with van der Waals surface area (Å²) in [6, 6.07) is 6.23. The molecule has 4 heteroatoms. The van der Waals surface area contributed by atoms with E-state index >= 15 is 0 Å². The van der Waals surface area contributed by atoms with Gasteiger partial charge in [0.1, 0.15) is 0 Å². The molecule has 0 bridgehead atoms. The first kappa shape index (κ1) is 13.3. The maximum atomic E-state index is 5.80. The van der Waals surface area contributed by atoms with Crippen molar-refractivity contribution in [2.24, 2.45) is 0 Å². The van der Waals surface area contributed by atoms with Crippen LogP contribution in [-0.4, -0.2) is 24.6 Å². The second-order valence-electron chi connectivity index (χ2n) is 4.49. The van der Waals surface area contributed by atoms with Gasteiger partial charge in [-0.2, -0.15) is 11.8 Å². The number of nitrogens with two attached hydrogens (primary N) is 1. The van der Waals surface area contributed by atoms with Crippen LogP contribution < -0.4 is 10.6 Å². The highest BCUT2D eigenvalue weighted by molar-refractivity contribution is 14.1. The predicted octanol–water partition coefficient (Wildman–Crippen LogP) is 3.60. The molecule has 1 aromatic rings. The molecular formula is C13H19IN2S. The van der Waals surface area contributed by atoms with Gasteiger partial charge in [-0.15, -0.1) is 0 Å². The van der Waals surface area contributed by atoms with E-state index < -0.39 is 0 Å². The van der Waals surface area contributed by atoms with Crippen LogP contribution in [0.2, 0.25) is 0 Å². The Bertz CT molecular complexity index is 384. The van der Waals surface area contributed by atoms with Crippen molar-refractivity contribution < 1.29 is 0 Å². The first-order valence-electron chi connectivity index (χ1n) is 6.03. The fourth-order valence-corrected chi connectivity index (χ4v) is 3.95. The molecule has 1 fully saturated rings. The maximum absolute atomic E-state index is 5.80. The Balaban J connectivity index is 2.11. The fourth-order valence-electron chi connectivity index (χ4n) is 2.32. The third kappa shape index (κ3) is 3.44. The van der Waals surface area contributed by atoms with E-state index in [4.69, 9.17) is 5.73 Å². The van der Waals surface area contributed by atoms with Crippen LogP contribution >= 0.6 is 34.4 Å². The summed E-state index contributed by atoms with van der Waals surface area (Å²) in [6.45, 7) is 2.35. The smallest absolute Gasteiger partial charge is 0.0503 e. The van der Waals surface area contributed by atoms with Crippen LogP contribution in [0.25, 0.3) is 0 Å². The lowest BCUT2D eigenvalue weighted by Crippen LogP contribution is -2.25. The van der Waals surface area contributed by atoms with Crippen molar-refractivity contribution in [2.75, 3.05) is 30.0 Å². The second-order valence-corrected chi connectivity index (χ2v) is 6.79. The van der Waals surface area contributed by atoms with Gasteiger partial charge in [-0.25, -0.2) is 0 Å². The molecule has 1 heterocycles. The van der Waals surface area contributed by atoms with Gasteiger partial charge in [0.25, 0.3) is 0 Å². The Kier molecular flexibility index (Phi) is 4.85. The third-order valence-electron chi connectivity index (χ3n) is 3.32. The Labute approximate surface area is 121 Å². The number of hydrogen-bond acceptors (Lipinski definition) is 3. The molecule has 1 aliphatic rings. The minimum Gasteiger partial charge on any atom is -0.399 e. The number of benzene rings is 1. The van der Waals surface area contributed by atoms with Gasteiger partial charge in [0.2, 0.25) is 0 Å². The topological polar surface area (TPSA) is 29.3 Å². The van der Waals surface area contributed by atoms with Crippen molar-refractivity contribution in [3.63, 3.8) is 0 Å². The van der Waals surface area contributed by atoms with Gasteiger partial charge in [-0.1, -0.05) is 0 Å². The number of halogens is 1. The standard InChI is InChI=1S/C13H19IN2S/c1-17-11-3-2-7-16(8-6-11)13-5-4-10(15)9-12(13)14/h4-5,9,11H,2-3,6-8,15H2,1H3. The number of thioether (sulfide) groups is 1.